The van der Waals surface area contributed by atoms with Crippen molar-refractivity contribution in [3.05, 3.63) is 46.6 Å². The summed E-state index contributed by atoms with van der Waals surface area (Å²) in [5, 5.41) is 5.11. The Kier molecular flexibility index (Phi) is 8.03. The fourth-order valence-corrected chi connectivity index (χ4v) is 5.57. The highest BCUT2D eigenvalue weighted by Crippen LogP contribution is 2.37. The summed E-state index contributed by atoms with van der Waals surface area (Å²) >= 11 is 1.89. The number of benzene rings is 1. The van der Waals surface area contributed by atoms with Crippen molar-refractivity contribution >= 4 is 18.5 Å². The van der Waals surface area contributed by atoms with Crippen LogP contribution in [-0.2, 0) is 5.75 Å². The van der Waals surface area contributed by atoms with Crippen LogP contribution in [0.2, 0.25) is 0 Å². The van der Waals surface area contributed by atoms with Crippen LogP contribution >= 0.6 is 11.8 Å². The third-order valence-corrected chi connectivity index (χ3v) is 6.12. The molecule has 0 radical (unpaired) electrons. The predicted octanol–water partition coefficient (Wildman–Crippen LogP) is 7.17. The molecule has 3 heteroatoms. The molecule has 2 nitrogen and oxygen atoms in total. The van der Waals surface area contributed by atoms with Crippen molar-refractivity contribution in [2.24, 2.45) is 16.3 Å². The number of hydrogen-bond acceptors (Lipinski definition) is 3. The molecule has 0 bridgehead atoms. The van der Waals surface area contributed by atoms with Crippen molar-refractivity contribution in [1.82, 2.24) is 5.32 Å². The Morgan fingerprint density at radius 2 is 1.70 bits per heavy atom. The summed E-state index contributed by atoms with van der Waals surface area (Å²) < 4.78 is 0. The van der Waals surface area contributed by atoms with Crippen LogP contribution in [0, 0.1) is 11.3 Å². The number of nitrogens with one attached hydrogen (secondary N) is 1. The van der Waals surface area contributed by atoms with Gasteiger partial charge in [-0.25, -0.2) is 0 Å². The van der Waals surface area contributed by atoms with Crippen LogP contribution in [0.4, 0.5) is 0 Å². The third-order valence-electron chi connectivity index (χ3n) is 5.05. The van der Waals surface area contributed by atoms with Crippen LogP contribution < -0.4 is 5.32 Å². The molecule has 0 aromatic heterocycles. The number of nitrogens with zero attached hydrogens (tertiary/aromatic N) is 1. The van der Waals surface area contributed by atoms with Crippen molar-refractivity contribution in [1.29, 1.82) is 0 Å². The number of hydrogen-bond donors (Lipinski definition) is 1. The molecule has 27 heavy (non-hydrogen) atoms. The first-order chi connectivity index (χ1) is 12.7. The highest BCUT2D eigenvalue weighted by molar-refractivity contribution is 8.02. The second-order valence-corrected chi connectivity index (χ2v) is 10.7. The SMILES string of the molecule is C=N/C(=C(/NC(C)(C)CC(C)(C)C)SCc1ccccc1)C1CCCCC1. The lowest BCUT2D eigenvalue weighted by molar-refractivity contribution is 0.258. The summed E-state index contributed by atoms with van der Waals surface area (Å²) in [6.07, 6.45) is 7.56. The first-order valence-electron chi connectivity index (χ1n) is 10.4. The highest BCUT2D eigenvalue weighted by Gasteiger charge is 2.28. The minimum atomic E-state index is 0.0158. The molecule has 0 amide bonds. The van der Waals surface area contributed by atoms with E-state index in [-0.39, 0.29) is 11.0 Å². The van der Waals surface area contributed by atoms with E-state index in [2.05, 4.69) is 82.0 Å². The van der Waals surface area contributed by atoms with Gasteiger partial charge in [0.25, 0.3) is 0 Å². The lowest BCUT2D eigenvalue weighted by Crippen LogP contribution is -2.42. The molecule has 150 valence electrons. The standard InChI is InChI=1S/C24H38N2S/c1-23(2,3)18-24(4,5)26-22(27-17-19-13-9-7-10-14-19)21(25-6)20-15-11-8-12-16-20/h7,9-10,13-14,20,26H,6,8,11-12,15-18H2,1-5H3/b22-21-. The summed E-state index contributed by atoms with van der Waals surface area (Å²) in [4.78, 5) is 4.55. The van der Waals surface area contributed by atoms with Crippen LogP contribution in [0.15, 0.2) is 46.1 Å². The molecular weight excluding hydrogens is 348 g/mol. The molecule has 1 aliphatic rings. The fourth-order valence-electron chi connectivity index (χ4n) is 4.34. The molecule has 0 heterocycles. The van der Waals surface area contributed by atoms with E-state index in [1.165, 1.54) is 48.4 Å². The Morgan fingerprint density at radius 1 is 1.07 bits per heavy atom. The normalized spacial score (nSPS) is 17.4. The number of rotatable bonds is 8. The highest BCUT2D eigenvalue weighted by atomic mass is 32.2. The Bertz CT molecular complexity index is 620. The molecule has 0 atom stereocenters. The Balaban J connectivity index is 2.25. The average molecular weight is 387 g/mol. The molecule has 1 aromatic rings. The van der Waals surface area contributed by atoms with E-state index in [1.54, 1.807) is 0 Å². The lowest BCUT2D eigenvalue weighted by atomic mass is 9.81. The molecule has 1 saturated carbocycles. The third kappa shape index (κ3) is 7.73. The molecule has 0 aliphatic heterocycles. The van der Waals surface area contributed by atoms with Crippen LogP contribution in [-0.4, -0.2) is 12.3 Å². The largest absolute Gasteiger partial charge is 0.373 e. The van der Waals surface area contributed by atoms with Crippen LogP contribution in [0.25, 0.3) is 0 Å². The van der Waals surface area contributed by atoms with Crippen LogP contribution in [0.5, 0.6) is 0 Å². The zero-order chi connectivity index (χ0) is 19.9. The van der Waals surface area contributed by atoms with Crippen LogP contribution in [0.3, 0.4) is 0 Å². The molecule has 2 rings (SSSR count). The van der Waals surface area contributed by atoms with Crippen molar-refractivity contribution in [2.75, 3.05) is 0 Å². The van der Waals surface area contributed by atoms with E-state index < -0.39 is 0 Å². The summed E-state index contributed by atoms with van der Waals surface area (Å²) in [6.45, 7) is 15.5. The second-order valence-electron chi connectivity index (χ2n) is 9.73. The first-order valence-corrected chi connectivity index (χ1v) is 11.3. The van der Waals surface area contributed by atoms with Gasteiger partial charge in [0.05, 0.1) is 10.7 Å². The fraction of sp³-hybridized carbons (Fsp3) is 0.625. The van der Waals surface area contributed by atoms with Gasteiger partial charge in [-0.1, -0.05) is 70.4 Å². The van der Waals surface area contributed by atoms with Crippen LogP contribution in [0.1, 0.15) is 78.7 Å². The lowest BCUT2D eigenvalue weighted by Gasteiger charge is -2.36. The molecule has 0 unspecified atom stereocenters. The maximum Gasteiger partial charge on any atom is 0.0910 e. The monoisotopic (exact) mass is 386 g/mol. The van der Waals surface area contributed by atoms with Gasteiger partial charge in [-0.3, -0.25) is 4.99 Å². The van der Waals surface area contributed by atoms with Gasteiger partial charge in [-0.2, -0.15) is 0 Å². The van der Waals surface area contributed by atoms with E-state index in [9.17, 15) is 0 Å². The Hall–Kier alpha value is -1.22. The quantitative estimate of drug-likeness (QED) is 0.479. The summed E-state index contributed by atoms with van der Waals surface area (Å²) in [7, 11) is 0. The average Bonchev–Trinajstić information content (AvgIpc) is 2.59. The van der Waals surface area contributed by atoms with E-state index in [0.717, 1.165) is 12.2 Å². The van der Waals surface area contributed by atoms with E-state index >= 15 is 0 Å². The molecule has 1 aliphatic carbocycles. The molecule has 0 saturated heterocycles. The van der Waals surface area contributed by atoms with Gasteiger partial charge in [0.15, 0.2) is 0 Å². The smallest absolute Gasteiger partial charge is 0.0910 e. The van der Waals surface area contributed by atoms with Gasteiger partial charge in [-0.15, -0.1) is 11.8 Å². The minimum Gasteiger partial charge on any atom is -0.373 e. The summed E-state index contributed by atoms with van der Waals surface area (Å²) in [5.41, 5.74) is 2.83. The zero-order valence-electron chi connectivity index (χ0n) is 18.0. The van der Waals surface area contributed by atoms with Gasteiger partial charge < -0.3 is 5.32 Å². The van der Waals surface area contributed by atoms with Crippen molar-refractivity contribution in [3.63, 3.8) is 0 Å². The molecule has 0 spiro atoms. The van der Waals surface area contributed by atoms with E-state index in [0.29, 0.717) is 5.92 Å². The summed E-state index contributed by atoms with van der Waals surface area (Å²) in [5.74, 6) is 1.51. The predicted molar refractivity (Wildman–Crippen MR) is 122 cm³/mol. The van der Waals surface area contributed by atoms with E-state index in [1.807, 2.05) is 11.8 Å². The molecule has 1 N–H and O–H groups in total. The summed E-state index contributed by atoms with van der Waals surface area (Å²) in [6, 6.07) is 10.7. The van der Waals surface area contributed by atoms with Gasteiger partial charge in [0, 0.05) is 17.2 Å². The molecule has 1 fully saturated rings. The second kappa shape index (κ2) is 9.82. The Morgan fingerprint density at radius 3 is 2.26 bits per heavy atom. The maximum atomic E-state index is 4.55. The maximum absolute atomic E-state index is 4.55. The number of thioether (sulfide) groups is 1. The van der Waals surface area contributed by atoms with E-state index in [4.69, 9.17) is 0 Å². The van der Waals surface area contributed by atoms with Gasteiger partial charge >= 0.3 is 0 Å². The van der Waals surface area contributed by atoms with Gasteiger partial charge in [-0.05, 0) is 50.8 Å². The first kappa shape index (κ1) is 22.1. The minimum absolute atomic E-state index is 0.0158. The van der Waals surface area contributed by atoms with Gasteiger partial charge in [0.2, 0.25) is 0 Å². The van der Waals surface area contributed by atoms with Crippen molar-refractivity contribution < 1.29 is 0 Å². The number of aliphatic imine (C=N–C) groups is 1. The van der Waals surface area contributed by atoms with Crippen molar-refractivity contribution in [2.45, 2.75) is 84.4 Å². The zero-order valence-corrected chi connectivity index (χ0v) is 18.8. The number of allylic oxidation sites excluding steroid dienone is 1. The van der Waals surface area contributed by atoms with Gasteiger partial charge in [0.1, 0.15) is 0 Å². The topological polar surface area (TPSA) is 24.4 Å². The van der Waals surface area contributed by atoms with Crippen molar-refractivity contribution in [3.8, 4) is 0 Å². The Labute approximate surface area is 171 Å². The molecular formula is C24H38N2S. The molecule has 1 aromatic carbocycles.